The summed E-state index contributed by atoms with van der Waals surface area (Å²) in [6.45, 7) is 7.22. The summed E-state index contributed by atoms with van der Waals surface area (Å²) < 4.78 is 1.74. The first kappa shape index (κ1) is 15.9. The molecule has 1 aromatic heterocycles. The van der Waals surface area contributed by atoms with E-state index in [-0.39, 0.29) is 16.5 Å². The van der Waals surface area contributed by atoms with E-state index in [4.69, 9.17) is 0 Å². The molecular weight excluding hydrogens is 304 g/mol. The Morgan fingerprint density at radius 2 is 1.91 bits per heavy atom. The maximum absolute atomic E-state index is 12.6. The van der Waals surface area contributed by atoms with Crippen molar-refractivity contribution >= 4 is 11.8 Å². The number of hydrogen-bond acceptors (Lipinski definition) is 3. The molecule has 23 heavy (non-hydrogen) atoms. The highest BCUT2D eigenvalue weighted by Gasteiger charge is 2.19. The van der Waals surface area contributed by atoms with Gasteiger partial charge in [-0.2, -0.15) is 5.26 Å². The number of pyridine rings is 1. The van der Waals surface area contributed by atoms with Crippen LogP contribution in [-0.4, -0.2) is 10.3 Å². The lowest BCUT2D eigenvalue weighted by molar-refractivity contribution is 0.589. The normalized spacial score (nSPS) is 14.2. The number of nitriles is 1. The van der Waals surface area contributed by atoms with E-state index in [9.17, 15) is 10.1 Å². The summed E-state index contributed by atoms with van der Waals surface area (Å²) in [5, 5.41) is 10.4. The van der Waals surface area contributed by atoms with Gasteiger partial charge in [0.15, 0.2) is 0 Å². The lowest BCUT2D eigenvalue weighted by Crippen LogP contribution is -2.27. The molecule has 0 radical (unpaired) electrons. The number of aromatic nitrogens is 1. The third-order valence-corrected chi connectivity index (χ3v) is 5.34. The summed E-state index contributed by atoms with van der Waals surface area (Å²) in [4.78, 5) is 12.6. The van der Waals surface area contributed by atoms with Gasteiger partial charge >= 0.3 is 0 Å². The molecule has 0 atom stereocenters. The van der Waals surface area contributed by atoms with Crippen molar-refractivity contribution < 1.29 is 0 Å². The SMILES string of the molecule is CC(C)(C)c1ccc(-c2cc3n(c(=O)c2C#N)CCCS3)cc1. The molecule has 0 amide bonds. The second-order valence-corrected chi connectivity index (χ2v) is 7.98. The third-order valence-electron chi connectivity index (χ3n) is 4.21. The van der Waals surface area contributed by atoms with Gasteiger partial charge in [-0.1, -0.05) is 45.0 Å². The average Bonchev–Trinajstić information content (AvgIpc) is 2.54. The first-order chi connectivity index (χ1) is 10.9. The molecule has 2 aromatic rings. The Morgan fingerprint density at radius 1 is 1.22 bits per heavy atom. The van der Waals surface area contributed by atoms with E-state index in [1.165, 1.54) is 5.56 Å². The lowest BCUT2D eigenvalue weighted by Gasteiger charge is -2.21. The van der Waals surface area contributed by atoms with Crippen molar-refractivity contribution in [2.24, 2.45) is 0 Å². The summed E-state index contributed by atoms with van der Waals surface area (Å²) >= 11 is 1.69. The second-order valence-electron chi connectivity index (χ2n) is 6.87. The number of nitrogens with zero attached hydrogens (tertiary/aromatic N) is 2. The van der Waals surface area contributed by atoms with Crippen LogP contribution in [0.3, 0.4) is 0 Å². The van der Waals surface area contributed by atoms with E-state index in [1.54, 1.807) is 16.3 Å². The van der Waals surface area contributed by atoms with Gasteiger partial charge in [-0.3, -0.25) is 4.79 Å². The zero-order chi connectivity index (χ0) is 16.6. The molecule has 0 saturated carbocycles. The molecular formula is C19H20N2OS. The molecule has 0 N–H and O–H groups in total. The Bertz CT molecular complexity index is 836. The van der Waals surface area contributed by atoms with E-state index in [2.05, 4.69) is 39.0 Å². The van der Waals surface area contributed by atoms with Crippen LogP contribution < -0.4 is 5.56 Å². The Hall–Kier alpha value is -1.99. The van der Waals surface area contributed by atoms with E-state index in [0.29, 0.717) is 6.54 Å². The zero-order valence-electron chi connectivity index (χ0n) is 13.7. The monoisotopic (exact) mass is 324 g/mol. The van der Waals surface area contributed by atoms with Crippen molar-refractivity contribution in [1.29, 1.82) is 5.26 Å². The van der Waals surface area contributed by atoms with E-state index >= 15 is 0 Å². The van der Waals surface area contributed by atoms with Gasteiger partial charge in [0.1, 0.15) is 11.6 Å². The van der Waals surface area contributed by atoms with Crippen LogP contribution in [0.2, 0.25) is 0 Å². The summed E-state index contributed by atoms with van der Waals surface area (Å²) in [5.41, 5.74) is 3.09. The smallest absolute Gasteiger partial charge is 0.269 e. The molecule has 0 bridgehead atoms. The highest BCUT2D eigenvalue weighted by molar-refractivity contribution is 7.99. The maximum Gasteiger partial charge on any atom is 0.269 e. The molecule has 1 aliphatic heterocycles. The number of hydrogen-bond donors (Lipinski definition) is 0. The van der Waals surface area contributed by atoms with Crippen LogP contribution in [0.25, 0.3) is 11.1 Å². The standard InChI is InChI=1S/C19H20N2OS/c1-19(2,3)14-7-5-13(6-8-14)15-11-17-21(9-4-10-23-17)18(22)16(15)12-20/h5-8,11H,4,9-10H2,1-3H3. The van der Waals surface area contributed by atoms with Gasteiger partial charge in [0.25, 0.3) is 5.56 Å². The minimum Gasteiger partial charge on any atom is -0.302 e. The van der Waals surface area contributed by atoms with Gasteiger partial charge in [0.05, 0.1) is 5.03 Å². The van der Waals surface area contributed by atoms with Crippen LogP contribution in [0.15, 0.2) is 40.2 Å². The molecule has 3 rings (SSSR count). The topological polar surface area (TPSA) is 45.8 Å². The molecule has 3 nitrogen and oxygen atoms in total. The van der Waals surface area contributed by atoms with Crippen LogP contribution in [0.1, 0.15) is 38.3 Å². The number of rotatable bonds is 1. The maximum atomic E-state index is 12.6. The predicted molar refractivity (Wildman–Crippen MR) is 94.9 cm³/mol. The zero-order valence-corrected chi connectivity index (χ0v) is 14.5. The van der Waals surface area contributed by atoms with Crippen molar-refractivity contribution in [3.63, 3.8) is 0 Å². The Kier molecular flexibility index (Phi) is 4.08. The van der Waals surface area contributed by atoms with Crippen molar-refractivity contribution in [2.45, 2.75) is 44.2 Å². The summed E-state index contributed by atoms with van der Waals surface area (Å²) in [6, 6.07) is 12.3. The summed E-state index contributed by atoms with van der Waals surface area (Å²) in [5.74, 6) is 1.02. The largest absolute Gasteiger partial charge is 0.302 e. The number of benzene rings is 1. The van der Waals surface area contributed by atoms with Crippen LogP contribution in [-0.2, 0) is 12.0 Å². The number of fused-ring (bicyclic) bond motifs is 1. The molecule has 0 unspecified atom stereocenters. The summed E-state index contributed by atoms with van der Waals surface area (Å²) in [6.07, 6.45) is 0.974. The Labute approximate surface area is 141 Å². The average molecular weight is 324 g/mol. The highest BCUT2D eigenvalue weighted by atomic mass is 32.2. The third kappa shape index (κ3) is 2.94. The molecule has 1 aromatic carbocycles. The van der Waals surface area contributed by atoms with Gasteiger partial charge in [-0.05, 0) is 29.0 Å². The van der Waals surface area contributed by atoms with E-state index in [0.717, 1.165) is 28.3 Å². The highest BCUT2D eigenvalue weighted by Crippen LogP contribution is 2.31. The molecule has 4 heteroatoms. The van der Waals surface area contributed by atoms with Crippen molar-refractivity contribution in [3.05, 3.63) is 51.8 Å². The fourth-order valence-corrected chi connectivity index (χ4v) is 3.85. The molecule has 118 valence electrons. The summed E-state index contributed by atoms with van der Waals surface area (Å²) in [7, 11) is 0. The molecule has 2 heterocycles. The fourth-order valence-electron chi connectivity index (χ4n) is 2.84. The number of thioether (sulfide) groups is 1. The van der Waals surface area contributed by atoms with Gasteiger partial charge in [0.2, 0.25) is 0 Å². The minimum atomic E-state index is -0.160. The minimum absolute atomic E-state index is 0.0852. The first-order valence-electron chi connectivity index (χ1n) is 7.83. The van der Waals surface area contributed by atoms with Crippen molar-refractivity contribution in [3.8, 4) is 17.2 Å². The van der Waals surface area contributed by atoms with E-state index in [1.807, 2.05) is 18.2 Å². The lowest BCUT2D eigenvalue weighted by atomic mass is 9.86. The molecule has 1 aliphatic rings. The van der Waals surface area contributed by atoms with Crippen LogP contribution in [0, 0.1) is 11.3 Å². The molecule has 0 spiro atoms. The van der Waals surface area contributed by atoms with Gasteiger partial charge < -0.3 is 4.57 Å². The Morgan fingerprint density at radius 3 is 2.52 bits per heavy atom. The van der Waals surface area contributed by atoms with Crippen LogP contribution in [0.4, 0.5) is 0 Å². The molecule has 0 aliphatic carbocycles. The van der Waals surface area contributed by atoms with Crippen LogP contribution in [0.5, 0.6) is 0 Å². The van der Waals surface area contributed by atoms with Crippen molar-refractivity contribution in [2.75, 3.05) is 5.75 Å². The van der Waals surface area contributed by atoms with Crippen molar-refractivity contribution in [1.82, 2.24) is 4.57 Å². The van der Waals surface area contributed by atoms with Crippen LogP contribution >= 0.6 is 11.8 Å². The van der Waals surface area contributed by atoms with Gasteiger partial charge in [-0.15, -0.1) is 11.8 Å². The predicted octanol–water partition coefficient (Wildman–Crippen LogP) is 4.18. The quantitative estimate of drug-likeness (QED) is 0.790. The molecule has 0 saturated heterocycles. The second kappa shape index (κ2) is 5.90. The van der Waals surface area contributed by atoms with E-state index < -0.39 is 0 Å². The van der Waals surface area contributed by atoms with Gasteiger partial charge in [0, 0.05) is 17.9 Å². The fraction of sp³-hybridized carbons (Fsp3) is 0.368. The van der Waals surface area contributed by atoms with Gasteiger partial charge in [-0.25, -0.2) is 0 Å². The Balaban J connectivity index is 2.15. The first-order valence-corrected chi connectivity index (χ1v) is 8.82. The molecule has 0 fully saturated rings.